The maximum atomic E-state index is 12.5. The minimum atomic E-state index is -2.71. The van der Waals surface area contributed by atoms with Crippen LogP contribution >= 0.6 is 11.6 Å². The summed E-state index contributed by atoms with van der Waals surface area (Å²) in [6.07, 6.45) is -1.78. The molecule has 0 unspecified atom stereocenters. The van der Waals surface area contributed by atoms with Crippen molar-refractivity contribution in [3.63, 3.8) is 0 Å². The van der Waals surface area contributed by atoms with Gasteiger partial charge >= 0.3 is 5.97 Å². The molecule has 82 valence electrons. The standard InChI is InChI=1S/C9H8ClF2NO2/c1-15-8(14)3-7-6(9(11)12)2-5(10)4-13-7/h2,4,9H,3H2,1H3. The summed E-state index contributed by atoms with van der Waals surface area (Å²) in [5.41, 5.74) is -0.353. The van der Waals surface area contributed by atoms with Gasteiger partial charge in [0.1, 0.15) is 0 Å². The average Bonchev–Trinajstić information content (AvgIpc) is 2.20. The lowest BCUT2D eigenvalue weighted by Gasteiger charge is -2.06. The molecule has 0 bridgehead atoms. The van der Waals surface area contributed by atoms with E-state index in [1.165, 1.54) is 13.3 Å². The Morgan fingerprint density at radius 2 is 2.33 bits per heavy atom. The van der Waals surface area contributed by atoms with Crippen molar-refractivity contribution in [2.24, 2.45) is 0 Å². The van der Waals surface area contributed by atoms with E-state index in [0.717, 1.165) is 6.07 Å². The van der Waals surface area contributed by atoms with Crippen LogP contribution in [-0.2, 0) is 16.0 Å². The van der Waals surface area contributed by atoms with Crippen molar-refractivity contribution in [2.45, 2.75) is 12.8 Å². The van der Waals surface area contributed by atoms with Crippen molar-refractivity contribution in [2.75, 3.05) is 7.11 Å². The number of alkyl halides is 2. The molecule has 0 aliphatic heterocycles. The van der Waals surface area contributed by atoms with Gasteiger partial charge in [-0.2, -0.15) is 0 Å². The van der Waals surface area contributed by atoms with E-state index in [0.29, 0.717) is 0 Å². The molecular weight excluding hydrogens is 228 g/mol. The summed E-state index contributed by atoms with van der Waals surface area (Å²) >= 11 is 5.52. The highest BCUT2D eigenvalue weighted by molar-refractivity contribution is 6.30. The van der Waals surface area contributed by atoms with Crippen LogP contribution in [-0.4, -0.2) is 18.1 Å². The lowest BCUT2D eigenvalue weighted by atomic mass is 10.1. The summed E-state index contributed by atoms with van der Waals surface area (Å²) in [5.74, 6) is -0.619. The predicted octanol–water partition coefficient (Wildman–Crippen LogP) is 2.39. The first kappa shape index (κ1) is 11.8. The molecule has 3 nitrogen and oxygen atoms in total. The highest BCUT2D eigenvalue weighted by Crippen LogP contribution is 2.24. The number of rotatable bonds is 3. The summed E-state index contributed by atoms with van der Waals surface area (Å²) < 4.78 is 29.4. The van der Waals surface area contributed by atoms with E-state index in [2.05, 4.69) is 9.72 Å². The molecule has 0 N–H and O–H groups in total. The van der Waals surface area contributed by atoms with Crippen LogP contribution in [0.4, 0.5) is 8.78 Å². The molecule has 0 aliphatic carbocycles. The molecule has 0 saturated carbocycles. The number of halogens is 3. The molecule has 0 radical (unpaired) electrons. The number of carbonyl (C=O) groups excluding carboxylic acids is 1. The van der Waals surface area contributed by atoms with Crippen LogP contribution in [0.15, 0.2) is 12.3 Å². The Balaban J connectivity index is 3.00. The van der Waals surface area contributed by atoms with E-state index in [-0.39, 0.29) is 22.7 Å². The number of methoxy groups -OCH3 is 1. The zero-order valence-electron chi connectivity index (χ0n) is 7.84. The third-order valence-corrected chi connectivity index (χ3v) is 1.95. The van der Waals surface area contributed by atoms with Gasteiger partial charge in [0.25, 0.3) is 6.43 Å². The predicted molar refractivity (Wildman–Crippen MR) is 49.9 cm³/mol. The largest absolute Gasteiger partial charge is 0.469 e. The van der Waals surface area contributed by atoms with Crippen LogP contribution in [0.25, 0.3) is 0 Å². The van der Waals surface area contributed by atoms with Gasteiger partial charge in [-0.25, -0.2) is 8.78 Å². The molecule has 0 aromatic carbocycles. The van der Waals surface area contributed by atoms with Gasteiger partial charge < -0.3 is 4.74 Å². The number of aromatic nitrogens is 1. The number of esters is 1. The van der Waals surface area contributed by atoms with E-state index < -0.39 is 12.4 Å². The Kier molecular flexibility index (Phi) is 3.96. The maximum Gasteiger partial charge on any atom is 0.311 e. The number of hydrogen-bond donors (Lipinski definition) is 0. The van der Waals surface area contributed by atoms with Crippen molar-refractivity contribution in [3.05, 3.63) is 28.5 Å². The van der Waals surface area contributed by atoms with Gasteiger partial charge in [-0.1, -0.05) is 11.6 Å². The van der Waals surface area contributed by atoms with Gasteiger partial charge in [-0.3, -0.25) is 9.78 Å². The molecular formula is C9H8ClF2NO2. The molecule has 1 rings (SSSR count). The molecule has 0 atom stereocenters. The third kappa shape index (κ3) is 3.13. The fourth-order valence-electron chi connectivity index (χ4n) is 1.03. The topological polar surface area (TPSA) is 39.2 Å². The minimum Gasteiger partial charge on any atom is -0.469 e. The summed E-state index contributed by atoms with van der Waals surface area (Å²) in [7, 11) is 1.18. The van der Waals surface area contributed by atoms with E-state index >= 15 is 0 Å². The summed E-state index contributed by atoms with van der Waals surface area (Å²) in [6, 6.07) is 1.09. The zero-order chi connectivity index (χ0) is 11.4. The molecule has 15 heavy (non-hydrogen) atoms. The first-order valence-electron chi connectivity index (χ1n) is 4.04. The number of pyridine rings is 1. The second-order valence-corrected chi connectivity index (χ2v) is 3.18. The number of ether oxygens (including phenoxy) is 1. The SMILES string of the molecule is COC(=O)Cc1ncc(Cl)cc1C(F)F. The number of hydrogen-bond acceptors (Lipinski definition) is 3. The molecule has 1 aromatic rings. The fraction of sp³-hybridized carbons (Fsp3) is 0.333. The molecule has 0 fully saturated rings. The van der Waals surface area contributed by atoms with Gasteiger partial charge in [-0.05, 0) is 6.07 Å². The summed E-state index contributed by atoms with van der Waals surface area (Å²) in [4.78, 5) is 14.6. The molecule has 6 heteroatoms. The van der Waals surface area contributed by atoms with Crippen LogP contribution in [0.5, 0.6) is 0 Å². The average molecular weight is 236 g/mol. The highest BCUT2D eigenvalue weighted by atomic mass is 35.5. The first-order valence-corrected chi connectivity index (χ1v) is 4.41. The maximum absolute atomic E-state index is 12.5. The minimum absolute atomic E-state index is 0.0127. The molecule has 1 heterocycles. The van der Waals surface area contributed by atoms with Crippen LogP contribution < -0.4 is 0 Å². The Hall–Kier alpha value is -1.23. The molecule has 0 amide bonds. The third-order valence-electron chi connectivity index (χ3n) is 1.74. The van der Waals surface area contributed by atoms with Gasteiger partial charge in [0.2, 0.25) is 0 Å². The molecule has 0 aliphatic rings. The highest BCUT2D eigenvalue weighted by Gasteiger charge is 2.17. The Morgan fingerprint density at radius 3 is 2.87 bits per heavy atom. The Morgan fingerprint density at radius 1 is 1.67 bits per heavy atom. The van der Waals surface area contributed by atoms with Gasteiger partial charge in [0.15, 0.2) is 0 Å². The normalized spacial score (nSPS) is 10.5. The number of carbonyl (C=O) groups is 1. The smallest absolute Gasteiger partial charge is 0.311 e. The van der Waals surface area contributed by atoms with Crippen molar-refractivity contribution >= 4 is 17.6 Å². The van der Waals surface area contributed by atoms with E-state index in [1.54, 1.807) is 0 Å². The molecule has 1 aromatic heterocycles. The van der Waals surface area contributed by atoms with Crippen LogP contribution in [0.2, 0.25) is 5.02 Å². The molecule has 0 spiro atoms. The second-order valence-electron chi connectivity index (χ2n) is 2.74. The van der Waals surface area contributed by atoms with E-state index in [1.807, 2.05) is 0 Å². The fourth-order valence-corrected chi connectivity index (χ4v) is 1.20. The Bertz CT molecular complexity index is 371. The Labute approximate surface area is 90.0 Å². The lowest BCUT2D eigenvalue weighted by molar-refractivity contribution is -0.139. The quantitative estimate of drug-likeness (QED) is 0.755. The monoisotopic (exact) mass is 235 g/mol. The second kappa shape index (κ2) is 5.02. The van der Waals surface area contributed by atoms with Crippen molar-refractivity contribution in [1.82, 2.24) is 4.98 Å². The lowest BCUT2D eigenvalue weighted by Crippen LogP contribution is -2.09. The van der Waals surface area contributed by atoms with Crippen LogP contribution in [0.3, 0.4) is 0 Å². The van der Waals surface area contributed by atoms with Gasteiger partial charge in [0, 0.05) is 11.8 Å². The summed E-state index contributed by atoms with van der Waals surface area (Å²) in [6.45, 7) is 0. The first-order chi connectivity index (χ1) is 7.04. The van der Waals surface area contributed by atoms with Gasteiger partial charge in [0.05, 0.1) is 24.2 Å². The molecule has 0 saturated heterocycles. The van der Waals surface area contributed by atoms with Crippen molar-refractivity contribution in [1.29, 1.82) is 0 Å². The number of nitrogens with zero attached hydrogens (tertiary/aromatic N) is 1. The zero-order valence-corrected chi connectivity index (χ0v) is 8.59. The van der Waals surface area contributed by atoms with Gasteiger partial charge in [-0.15, -0.1) is 0 Å². The van der Waals surface area contributed by atoms with Crippen molar-refractivity contribution < 1.29 is 18.3 Å². The van der Waals surface area contributed by atoms with E-state index in [4.69, 9.17) is 11.6 Å². The van der Waals surface area contributed by atoms with E-state index in [9.17, 15) is 13.6 Å². The van der Waals surface area contributed by atoms with Crippen LogP contribution in [0.1, 0.15) is 17.7 Å². The van der Waals surface area contributed by atoms with Crippen LogP contribution in [0, 0.1) is 0 Å². The summed E-state index contributed by atoms with van der Waals surface area (Å²) in [5, 5.41) is 0.110. The van der Waals surface area contributed by atoms with Crippen molar-refractivity contribution in [3.8, 4) is 0 Å².